The Labute approximate surface area is 139 Å². The minimum absolute atomic E-state index is 0.302. The van der Waals surface area contributed by atoms with Gasteiger partial charge in [0.15, 0.2) is 0 Å². The van der Waals surface area contributed by atoms with Crippen LogP contribution in [0.4, 0.5) is 0 Å². The lowest BCUT2D eigenvalue weighted by molar-refractivity contribution is -0.133. The van der Waals surface area contributed by atoms with Crippen molar-refractivity contribution < 1.29 is 9.53 Å². The number of hydrogen-bond donors (Lipinski definition) is 0. The number of piperidine rings is 2. The third kappa shape index (κ3) is 3.86. The first-order valence-electron chi connectivity index (χ1n) is 8.76. The van der Waals surface area contributed by atoms with Gasteiger partial charge in [-0.1, -0.05) is 18.2 Å². The fourth-order valence-corrected chi connectivity index (χ4v) is 4.04. The lowest BCUT2D eigenvalue weighted by atomic mass is 9.88. The molecule has 0 aliphatic carbocycles. The Bertz CT molecular complexity index is 538. The van der Waals surface area contributed by atoms with E-state index in [2.05, 4.69) is 23.1 Å². The highest BCUT2D eigenvalue weighted by Gasteiger charge is 2.27. The molecular weight excluding hydrogens is 288 g/mol. The van der Waals surface area contributed by atoms with Gasteiger partial charge in [0.05, 0.1) is 7.11 Å². The van der Waals surface area contributed by atoms with Crippen molar-refractivity contribution in [1.82, 2.24) is 9.80 Å². The number of hydrogen-bond acceptors (Lipinski definition) is 3. The van der Waals surface area contributed by atoms with Crippen molar-refractivity contribution in [2.75, 3.05) is 40.3 Å². The number of ether oxygens (including phenoxy) is 1. The second-order valence-electron chi connectivity index (χ2n) is 7.00. The molecule has 4 heteroatoms. The first-order valence-corrected chi connectivity index (χ1v) is 8.76. The molecule has 2 aliphatic rings. The minimum Gasteiger partial charge on any atom is -0.496 e. The number of nitrogens with zero attached hydrogens (tertiary/aromatic N) is 2. The zero-order chi connectivity index (χ0) is 16.2. The van der Waals surface area contributed by atoms with Crippen LogP contribution in [0.2, 0.25) is 0 Å². The molecule has 0 radical (unpaired) electrons. The van der Waals surface area contributed by atoms with E-state index >= 15 is 0 Å². The number of amides is 1. The molecule has 2 aliphatic heterocycles. The van der Waals surface area contributed by atoms with Crippen molar-refractivity contribution in [3.05, 3.63) is 29.8 Å². The van der Waals surface area contributed by atoms with Crippen molar-refractivity contribution in [3.8, 4) is 5.75 Å². The molecule has 1 atom stereocenters. The van der Waals surface area contributed by atoms with Gasteiger partial charge < -0.3 is 14.5 Å². The largest absolute Gasteiger partial charge is 0.496 e. The summed E-state index contributed by atoms with van der Waals surface area (Å²) >= 11 is 0. The number of likely N-dealkylation sites (tertiary alicyclic amines) is 2. The van der Waals surface area contributed by atoms with Crippen LogP contribution in [-0.4, -0.2) is 56.0 Å². The highest BCUT2D eigenvalue weighted by atomic mass is 16.5. The second-order valence-corrected chi connectivity index (χ2v) is 7.00. The van der Waals surface area contributed by atoms with Gasteiger partial charge in [0, 0.05) is 26.6 Å². The first-order chi connectivity index (χ1) is 11.2. The van der Waals surface area contributed by atoms with Crippen molar-refractivity contribution in [1.29, 1.82) is 0 Å². The van der Waals surface area contributed by atoms with Crippen molar-refractivity contribution in [3.63, 3.8) is 0 Å². The summed E-state index contributed by atoms with van der Waals surface area (Å²) < 4.78 is 5.52. The van der Waals surface area contributed by atoms with E-state index in [4.69, 9.17) is 4.74 Å². The number of carbonyl (C=O) groups excluding carboxylic acids is 1. The maximum absolute atomic E-state index is 11.6. The smallest absolute Gasteiger partial charge is 0.222 e. The molecule has 2 saturated heterocycles. The molecule has 0 aromatic heterocycles. The van der Waals surface area contributed by atoms with Gasteiger partial charge in [0.2, 0.25) is 5.91 Å². The Kier molecular flexibility index (Phi) is 5.21. The molecule has 0 spiro atoms. The zero-order valence-electron chi connectivity index (χ0n) is 14.3. The molecule has 1 amide bonds. The van der Waals surface area contributed by atoms with Gasteiger partial charge in [0.25, 0.3) is 0 Å². The summed E-state index contributed by atoms with van der Waals surface area (Å²) in [6, 6.07) is 8.43. The predicted molar refractivity (Wildman–Crippen MR) is 91.8 cm³/mol. The third-order valence-corrected chi connectivity index (χ3v) is 5.41. The summed E-state index contributed by atoms with van der Waals surface area (Å²) in [5.41, 5.74) is 1.36. The van der Waals surface area contributed by atoms with E-state index in [1.54, 1.807) is 7.11 Å². The summed E-state index contributed by atoms with van der Waals surface area (Å²) in [5, 5.41) is 0. The van der Waals surface area contributed by atoms with E-state index in [1.807, 2.05) is 18.0 Å². The number of para-hydroxylation sites is 1. The van der Waals surface area contributed by atoms with E-state index in [9.17, 15) is 4.79 Å². The molecule has 0 saturated carbocycles. The fraction of sp³-hybridized carbons (Fsp3) is 0.632. The Morgan fingerprint density at radius 3 is 2.61 bits per heavy atom. The summed E-state index contributed by atoms with van der Waals surface area (Å²) in [4.78, 5) is 16.1. The average molecular weight is 316 g/mol. The Hall–Kier alpha value is -1.55. The lowest BCUT2D eigenvalue weighted by Crippen LogP contribution is -2.43. The van der Waals surface area contributed by atoms with E-state index in [0.29, 0.717) is 17.7 Å². The number of rotatable bonds is 4. The molecule has 0 bridgehead atoms. The minimum atomic E-state index is 0.302. The number of benzene rings is 1. The van der Waals surface area contributed by atoms with E-state index < -0.39 is 0 Å². The highest BCUT2D eigenvalue weighted by Crippen LogP contribution is 2.34. The maximum Gasteiger partial charge on any atom is 0.222 e. The van der Waals surface area contributed by atoms with Crippen molar-refractivity contribution in [2.24, 2.45) is 5.92 Å². The van der Waals surface area contributed by atoms with Gasteiger partial charge in [-0.3, -0.25) is 4.79 Å². The zero-order valence-corrected chi connectivity index (χ0v) is 14.3. The van der Waals surface area contributed by atoms with Crippen LogP contribution in [-0.2, 0) is 4.79 Å². The number of carbonyl (C=O) groups is 1. The maximum atomic E-state index is 11.6. The quantitative estimate of drug-likeness (QED) is 0.856. The molecule has 23 heavy (non-hydrogen) atoms. The monoisotopic (exact) mass is 316 g/mol. The van der Waals surface area contributed by atoms with Crippen LogP contribution < -0.4 is 4.74 Å². The molecule has 3 rings (SSSR count). The summed E-state index contributed by atoms with van der Waals surface area (Å²) in [7, 11) is 3.69. The van der Waals surface area contributed by atoms with Crippen molar-refractivity contribution in [2.45, 2.75) is 31.6 Å². The molecule has 2 heterocycles. The fourth-order valence-electron chi connectivity index (χ4n) is 4.04. The van der Waals surface area contributed by atoms with Gasteiger partial charge in [0.1, 0.15) is 5.75 Å². The first kappa shape index (κ1) is 16.3. The van der Waals surface area contributed by atoms with Crippen LogP contribution in [0.1, 0.15) is 37.2 Å². The van der Waals surface area contributed by atoms with Crippen LogP contribution in [0, 0.1) is 5.92 Å². The number of methoxy groups -OCH3 is 1. The van der Waals surface area contributed by atoms with Crippen LogP contribution in [0.15, 0.2) is 24.3 Å². The van der Waals surface area contributed by atoms with Crippen LogP contribution in [0.3, 0.4) is 0 Å². The van der Waals surface area contributed by atoms with Crippen LogP contribution >= 0.6 is 0 Å². The highest BCUT2D eigenvalue weighted by molar-refractivity contribution is 5.76. The SMILES string of the molecule is COc1ccccc1C1CCN(CC2CCC(=O)N(C)C2)CC1. The Morgan fingerprint density at radius 1 is 1.17 bits per heavy atom. The van der Waals surface area contributed by atoms with Gasteiger partial charge >= 0.3 is 0 Å². The molecule has 1 aromatic rings. The molecule has 1 unspecified atom stereocenters. The molecular formula is C19H28N2O2. The van der Waals surface area contributed by atoms with Gasteiger partial charge in [-0.15, -0.1) is 0 Å². The summed E-state index contributed by atoms with van der Waals surface area (Å²) in [5.74, 6) is 2.58. The average Bonchev–Trinajstić information content (AvgIpc) is 2.59. The Balaban J connectivity index is 1.51. The standard InChI is InChI=1S/C19H28N2O2/c1-20-13-15(7-8-19(20)22)14-21-11-9-16(10-12-21)17-5-3-4-6-18(17)23-2/h3-6,15-16H,7-14H2,1-2H3. The van der Waals surface area contributed by atoms with Gasteiger partial charge in [-0.2, -0.15) is 0 Å². The summed E-state index contributed by atoms with van der Waals surface area (Å²) in [6.45, 7) is 4.36. The molecule has 4 nitrogen and oxygen atoms in total. The normalized spacial score (nSPS) is 24.0. The summed E-state index contributed by atoms with van der Waals surface area (Å²) in [6.07, 6.45) is 4.16. The molecule has 1 aromatic carbocycles. The van der Waals surface area contributed by atoms with E-state index in [1.165, 1.54) is 18.4 Å². The lowest BCUT2D eigenvalue weighted by Gasteiger charge is -2.37. The van der Waals surface area contributed by atoms with Crippen LogP contribution in [0.5, 0.6) is 5.75 Å². The van der Waals surface area contributed by atoms with Gasteiger partial charge in [-0.05, 0) is 55.8 Å². The topological polar surface area (TPSA) is 32.8 Å². The van der Waals surface area contributed by atoms with E-state index in [0.717, 1.165) is 44.8 Å². The van der Waals surface area contributed by atoms with E-state index in [-0.39, 0.29) is 0 Å². The third-order valence-electron chi connectivity index (χ3n) is 5.41. The molecule has 126 valence electrons. The van der Waals surface area contributed by atoms with Crippen LogP contribution in [0.25, 0.3) is 0 Å². The Morgan fingerprint density at radius 2 is 1.91 bits per heavy atom. The van der Waals surface area contributed by atoms with Crippen molar-refractivity contribution >= 4 is 5.91 Å². The van der Waals surface area contributed by atoms with Gasteiger partial charge in [-0.25, -0.2) is 0 Å². The molecule has 0 N–H and O–H groups in total. The molecule has 2 fully saturated rings. The predicted octanol–water partition coefficient (Wildman–Crippen LogP) is 2.74. The second kappa shape index (κ2) is 7.35.